The van der Waals surface area contributed by atoms with Crippen LogP contribution in [0.4, 0.5) is 5.69 Å². The smallest absolute Gasteiger partial charge is 0.248 e. The van der Waals surface area contributed by atoms with Crippen molar-refractivity contribution < 1.29 is 9.90 Å². The fourth-order valence-corrected chi connectivity index (χ4v) is 2.79. The summed E-state index contributed by atoms with van der Waals surface area (Å²) in [4.78, 5) is 16.3. The number of halogens is 1. The Morgan fingerprint density at radius 2 is 1.97 bits per heavy atom. The second-order valence-corrected chi connectivity index (χ2v) is 6.60. The van der Waals surface area contributed by atoms with Crippen molar-refractivity contribution in [2.45, 2.75) is 25.5 Å². The van der Waals surface area contributed by atoms with Crippen molar-refractivity contribution in [1.82, 2.24) is 20.1 Å². The summed E-state index contributed by atoms with van der Waals surface area (Å²) in [7, 11) is 0. The lowest BCUT2D eigenvalue weighted by molar-refractivity contribution is -0.119. The van der Waals surface area contributed by atoms with Gasteiger partial charge in [-0.15, -0.1) is 12.4 Å². The fourth-order valence-electron chi connectivity index (χ4n) is 2.79. The molecule has 29 heavy (non-hydrogen) atoms. The Kier molecular flexibility index (Phi) is 8.79. The average molecular weight is 416 g/mol. The number of aliphatic hydroxyl groups excluding tert-OH is 1. The van der Waals surface area contributed by atoms with E-state index in [0.717, 1.165) is 29.8 Å². The summed E-state index contributed by atoms with van der Waals surface area (Å²) in [5.74, 6) is -0.109. The van der Waals surface area contributed by atoms with Crippen LogP contribution < -0.4 is 10.6 Å². The Balaban J connectivity index is 0.00000300. The summed E-state index contributed by atoms with van der Waals surface area (Å²) in [5.41, 5.74) is 2.72. The quantitative estimate of drug-likeness (QED) is 0.467. The van der Waals surface area contributed by atoms with Crippen LogP contribution in [0.15, 0.2) is 67.3 Å². The second-order valence-electron chi connectivity index (χ2n) is 6.60. The average Bonchev–Trinajstić information content (AvgIpc) is 3.27. The summed E-state index contributed by atoms with van der Waals surface area (Å²) in [6.07, 6.45) is 7.05. The molecule has 3 aromatic rings. The predicted molar refractivity (Wildman–Crippen MR) is 115 cm³/mol. The normalized spacial score (nSPS) is 12.6. The summed E-state index contributed by atoms with van der Waals surface area (Å²) in [6.45, 7) is 3.03. The number of benzene rings is 1. The number of pyridine rings is 1. The first kappa shape index (κ1) is 22.5. The van der Waals surface area contributed by atoms with Gasteiger partial charge in [-0.05, 0) is 49.7 Å². The van der Waals surface area contributed by atoms with Crippen LogP contribution in [0, 0.1) is 0 Å². The van der Waals surface area contributed by atoms with Crippen molar-refractivity contribution in [3.63, 3.8) is 0 Å². The number of hydrogen-bond acceptors (Lipinski definition) is 5. The van der Waals surface area contributed by atoms with Crippen molar-refractivity contribution in [2.24, 2.45) is 0 Å². The molecular weight excluding hydrogens is 390 g/mol. The van der Waals surface area contributed by atoms with Gasteiger partial charge in [0.25, 0.3) is 0 Å². The first-order valence-electron chi connectivity index (χ1n) is 9.31. The van der Waals surface area contributed by atoms with Crippen molar-refractivity contribution in [2.75, 3.05) is 18.4 Å². The summed E-state index contributed by atoms with van der Waals surface area (Å²) in [5, 5.41) is 20.4. The molecule has 1 amide bonds. The number of nitrogens with zero attached hydrogens (tertiary/aromatic N) is 3. The third kappa shape index (κ3) is 6.67. The van der Waals surface area contributed by atoms with E-state index in [4.69, 9.17) is 0 Å². The number of amides is 1. The van der Waals surface area contributed by atoms with Crippen LogP contribution in [0.25, 0.3) is 0 Å². The topological polar surface area (TPSA) is 92.1 Å². The molecule has 3 rings (SSSR count). The van der Waals surface area contributed by atoms with Gasteiger partial charge < -0.3 is 15.7 Å². The van der Waals surface area contributed by atoms with Crippen molar-refractivity contribution in [1.29, 1.82) is 0 Å². The molecule has 2 atom stereocenters. The Morgan fingerprint density at radius 1 is 1.17 bits per heavy atom. The zero-order valence-electron chi connectivity index (χ0n) is 16.2. The maximum absolute atomic E-state index is 12.3. The Bertz CT molecular complexity index is 857. The van der Waals surface area contributed by atoms with Gasteiger partial charge in [0.2, 0.25) is 5.91 Å². The fraction of sp³-hybridized carbons (Fsp3) is 0.286. The van der Waals surface area contributed by atoms with Crippen LogP contribution in [0.3, 0.4) is 0 Å². The SMILES string of the molecule is CC(C(=O)Nc1ccc(CCNC[C@H](O)c2cccnc2)cc1)n1cccn1.Cl. The third-order valence-electron chi connectivity index (χ3n) is 4.52. The number of anilines is 1. The third-order valence-corrected chi connectivity index (χ3v) is 4.52. The molecule has 0 saturated heterocycles. The molecule has 1 unspecified atom stereocenters. The van der Waals surface area contributed by atoms with Gasteiger partial charge in [0.05, 0.1) is 6.10 Å². The lowest BCUT2D eigenvalue weighted by Crippen LogP contribution is -2.24. The highest BCUT2D eigenvalue weighted by atomic mass is 35.5. The molecule has 0 fully saturated rings. The van der Waals surface area contributed by atoms with Crippen LogP contribution >= 0.6 is 12.4 Å². The van der Waals surface area contributed by atoms with E-state index in [0.29, 0.717) is 6.54 Å². The largest absolute Gasteiger partial charge is 0.387 e. The minimum Gasteiger partial charge on any atom is -0.387 e. The minimum atomic E-state index is -0.567. The van der Waals surface area contributed by atoms with Crippen LogP contribution in [0.1, 0.15) is 30.2 Å². The molecular formula is C21H26ClN5O2. The molecule has 1 aromatic carbocycles. The lowest BCUT2D eigenvalue weighted by Gasteiger charge is -2.13. The van der Waals surface area contributed by atoms with E-state index >= 15 is 0 Å². The molecule has 0 bridgehead atoms. The first-order chi connectivity index (χ1) is 13.6. The van der Waals surface area contributed by atoms with Crippen molar-refractivity contribution in [3.8, 4) is 0 Å². The van der Waals surface area contributed by atoms with Gasteiger partial charge in [-0.3, -0.25) is 14.5 Å². The monoisotopic (exact) mass is 415 g/mol. The second kappa shape index (κ2) is 11.3. The number of nitrogens with one attached hydrogen (secondary N) is 2. The number of carbonyl (C=O) groups excluding carboxylic acids is 1. The van der Waals surface area contributed by atoms with Crippen LogP contribution in [0.2, 0.25) is 0 Å². The highest BCUT2D eigenvalue weighted by molar-refractivity contribution is 5.93. The molecule has 2 heterocycles. The Hall–Kier alpha value is -2.74. The number of carbonyl (C=O) groups is 1. The van der Waals surface area contributed by atoms with Gasteiger partial charge in [0.1, 0.15) is 6.04 Å². The number of hydrogen-bond donors (Lipinski definition) is 3. The van der Waals surface area contributed by atoms with Crippen molar-refractivity contribution >= 4 is 24.0 Å². The molecule has 7 nitrogen and oxygen atoms in total. The zero-order chi connectivity index (χ0) is 19.8. The van der Waals surface area contributed by atoms with E-state index in [2.05, 4.69) is 20.7 Å². The highest BCUT2D eigenvalue weighted by Crippen LogP contribution is 2.13. The van der Waals surface area contributed by atoms with Gasteiger partial charge in [-0.2, -0.15) is 5.10 Å². The lowest BCUT2D eigenvalue weighted by atomic mass is 10.1. The molecule has 0 aliphatic carbocycles. The minimum absolute atomic E-state index is 0. The van der Waals surface area contributed by atoms with E-state index in [1.165, 1.54) is 0 Å². The van der Waals surface area contributed by atoms with E-state index in [1.807, 2.05) is 43.3 Å². The summed E-state index contributed by atoms with van der Waals surface area (Å²) >= 11 is 0. The first-order valence-corrected chi connectivity index (χ1v) is 9.31. The molecule has 8 heteroatoms. The molecule has 0 spiro atoms. The Labute approximate surface area is 176 Å². The molecule has 0 aliphatic rings. The van der Waals surface area contributed by atoms with Crippen LogP contribution in [0.5, 0.6) is 0 Å². The highest BCUT2D eigenvalue weighted by Gasteiger charge is 2.14. The molecule has 0 aliphatic heterocycles. The van der Waals surface area contributed by atoms with Gasteiger partial charge in [0.15, 0.2) is 0 Å². The van der Waals surface area contributed by atoms with Crippen molar-refractivity contribution in [3.05, 3.63) is 78.4 Å². The number of aliphatic hydroxyl groups is 1. The maximum atomic E-state index is 12.3. The van der Waals surface area contributed by atoms with Gasteiger partial charge in [-0.1, -0.05) is 18.2 Å². The van der Waals surface area contributed by atoms with Crippen LogP contribution in [-0.2, 0) is 11.2 Å². The van der Waals surface area contributed by atoms with Crippen LogP contribution in [-0.4, -0.2) is 38.9 Å². The molecule has 154 valence electrons. The zero-order valence-corrected chi connectivity index (χ0v) is 17.0. The molecule has 0 saturated carbocycles. The van der Waals surface area contributed by atoms with E-state index in [-0.39, 0.29) is 24.4 Å². The number of aromatic nitrogens is 3. The van der Waals surface area contributed by atoms with Gasteiger partial charge >= 0.3 is 0 Å². The van der Waals surface area contributed by atoms with Gasteiger partial charge in [0, 0.05) is 42.6 Å². The Morgan fingerprint density at radius 3 is 2.62 bits per heavy atom. The van der Waals surface area contributed by atoms with E-state index < -0.39 is 6.10 Å². The molecule has 0 radical (unpaired) electrons. The maximum Gasteiger partial charge on any atom is 0.248 e. The van der Waals surface area contributed by atoms with Gasteiger partial charge in [-0.25, -0.2) is 0 Å². The number of rotatable bonds is 9. The summed E-state index contributed by atoms with van der Waals surface area (Å²) < 4.78 is 1.62. The summed E-state index contributed by atoms with van der Waals surface area (Å²) in [6, 6.07) is 12.9. The van der Waals surface area contributed by atoms with E-state index in [9.17, 15) is 9.90 Å². The molecule has 3 N–H and O–H groups in total. The molecule has 2 aromatic heterocycles. The van der Waals surface area contributed by atoms with E-state index in [1.54, 1.807) is 35.5 Å². The standard InChI is InChI=1S/C21H25N5O2.ClH/c1-16(26-13-3-11-24-26)21(28)25-19-7-5-17(6-8-19)9-12-23-15-20(27)18-4-2-10-22-14-18;/h2-8,10-11,13-14,16,20,23,27H,9,12,15H2,1H3,(H,25,28);1H/t16?,20-;/m0./s1. The predicted octanol–water partition coefficient (Wildman–Crippen LogP) is 2.77.